The van der Waals surface area contributed by atoms with Crippen LogP contribution in [-0.4, -0.2) is 44.5 Å². The number of hydrogen-bond donors (Lipinski definition) is 2. The Kier molecular flexibility index (Phi) is 2.75. The number of nitrogens with zero attached hydrogens (tertiary/aromatic N) is 4. The van der Waals surface area contributed by atoms with Crippen LogP contribution in [0.5, 0.6) is 0 Å². The minimum absolute atomic E-state index is 0.0610. The van der Waals surface area contributed by atoms with Gasteiger partial charge in [0.2, 0.25) is 5.65 Å². The highest BCUT2D eigenvalue weighted by Gasteiger charge is 2.07. The van der Waals surface area contributed by atoms with E-state index in [2.05, 4.69) is 15.3 Å². The molecule has 2 rings (SSSR count). The fourth-order valence-electron chi connectivity index (χ4n) is 1.06. The maximum atomic E-state index is 9.20. The van der Waals surface area contributed by atoms with Crippen molar-refractivity contribution in [1.82, 2.24) is 20.1 Å². The van der Waals surface area contributed by atoms with Gasteiger partial charge in [0.25, 0.3) is 0 Å². The second-order valence-electron chi connectivity index (χ2n) is 2.99. The highest BCUT2D eigenvalue weighted by Crippen LogP contribution is 2.04. The van der Waals surface area contributed by atoms with Gasteiger partial charge in [-0.1, -0.05) is 4.85 Å². The summed E-state index contributed by atoms with van der Waals surface area (Å²) in [5, 5.41) is 16.8. The second kappa shape index (κ2) is 4.20. The predicted octanol–water partition coefficient (Wildman–Crippen LogP) is -1.43. The van der Waals surface area contributed by atoms with Crippen LogP contribution < -0.4 is 10.6 Å². The zero-order valence-electron chi connectivity index (χ0n) is 7.95. The van der Waals surface area contributed by atoms with E-state index in [1.54, 1.807) is 18.3 Å². The molecule has 1 unspecified atom stereocenters. The molecule has 0 aliphatic carbocycles. The van der Waals surface area contributed by atoms with Gasteiger partial charge in [-0.25, -0.2) is 4.98 Å². The van der Waals surface area contributed by atoms with Gasteiger partial charge in [-0.2, -0.15) is 0 Å². The molecule has 0 radical (unpaired) electrons. The van der Waals surface area contributed by atoms with E-state index in [1.165, 1.54) is 4.85 Å². The van der Waals surface area contributed by atoms with Crippen LogP contribution in [0, 0.1) is 0 Å². The minimum atomic E-state index is -0.715. The Labute approximate surface area is 85.4 Å². The number of fused-ring (bicyclic) bond motifs is 1. The lowest BCUT2D eigenvalue weighted by atomic mass is 10.4. The van der Waals surface area contributed by atoms with Gasteiger partial charge < -0.3 is 15.7 Å². The van der Waals surface area contributed by atoms with E-state index < -0.39 is 6.10 Å². The van der Waals surface area contributed by atoms with Crippen LogP contribution in [0.1, 0.15) is 0 Å². The molecular formula is C8H11N5O2. The molecular weight excluding hydrogens is 198 g/mol. The molecule has 0 amide bonds. The molecule has 0 saturated carbocycles. The minimum Gasteiger partial charge on any atom is -0.391 e. The first kappa shape index (κ1) is 9.81. The third-order valence-electron chi connectivity index (χ3n) is 1.84. The summed E-state index contributed by atoms with van der Waals surface area (Å²) < 4.78 is 0. The number of aromatic nitrogens is 4. The standard InChI is InChI=1S/C8H11N5O2/c9-4-6(14)5-15-13-8-7(11-12-13)2-1-3-10-8/h1-3,6,14H,4-5,9H2. The van der Waals surface area contributed by atoms with Crippen molar-refractivity contribution >= 4 is 11.2 Å². The van der Waals surface area contributed by atoms with Gasteiger partial charge in [0.1, 0.15) is 18.2 Å². The van der Waals surface area contributed by atoms with Crippen molar-refractivity contribution in [3.05, 3.63) is 18.3 Å². The Balaban J connectivity index is 2.14. The van der Waals surface area contributed by atoms with Gasteiger partial charge in [-0.15, -0.1) is 5.10 Å². The van der Waals surface area contributed by atoms with E-state index in [9.17, 15) is 5.11 Å². The van der Waals surface area contributed by atoms with Crippen molar-refractivity contribution in [2.45, 2.75) is 6.10 Å². The summed E-state index contributed by atoms with van der Waals surface area (Å²) in [6.07, 6.45) is 0.901. The molecule has 7 nitrogen and oxygen atoms in total. The summed E-state index contributed by atoms with van der Waals surface area (Å²) in [5.41, 5.74) is 6.39. The SMILES string of the molecule is NCC(O)COn1nnc2cccnc21. The van der Waals surface area contributed by atoms with Gasteiger partial charge in [0.05, 0.1) is 0 Å². The number of nitrogens with two attached hydrogens (primary N) is 1. The average Bonchev–Trinajstić information content (AvgIpc) is 2.69. The Morgan fingerprint density at radius 2 is 2.47 bits per heavy atom. The quantitative estimate of drug-likeness (QED) is 0.640. The summed E-state index contributed by atoms with van der Waals surface area (Å²) in [6.45, 7) is 0.200. The van der Waals surface area contributed by atoms with Crippen molar-refractivity contribution in [2.24, 2.45) is 5.73 Å². The Hall–Kier alpha value is -1.73. The topological polar surface area (TPSA) is 99.1 Å². The maximum Gasteiger partial charge on any atom is 0.219 e. The normalized spacial score (nSPS) is 12.9. The van der Waals surface area contributed by atoms with Gasteiger partial charge >= 0.3 is 0 Å². The molecule has 0 spiro atoms. The van der Waals surface area contributed by atoms with E-state index >= 15 is 0 Å². The molecule has 0 aromatic carbocycles. The fourth-order valence-corrected chi connectivity index (χ4v) is 1.06. The first-order valence-electron chi connectivity index (χ1n) is 4.49. The third-order valence-corrected chi connectivity index (χ3v) is 1.84. The number of aliphatic hydroxyl groups excluding tert-OH is 1. The number of pyridine rings is 1. The van der Waals surface area contributed by atoms with E-state index in [-0.39, 0.29) is 13.2 Å². The largest absolute Gasteiger partial charge is 0.391 e. The lowest BCUT2D eigenvalue weighted by molar-refractivity contribution is 0.0176. The Bertz CT molecular complexity index is 443. The van der Waals surface area contributed by atoms with E-state index in [0.717, 1.165) is 0 Å². The number of aliphatic hydroxyl groups is 1. The van der Waals surface area contributed by atoms with E-state index in [0.29, 0.717) is 11.2 Å². The van der Waals surface area contributed by atoms with Crippen molar-refractivity contribution in [2.75, 3.05) is 13.2 Å². The molecule has 3 N–H and O–H groups in total. The summed E-state index contributed by atoms with van der Waals surface area (Å²) in [5.74, 6) is 0. The van der Waals surface area contributed by atoms with Crippen molar-refractivity contribution in [3.8, 4) is 0 Å². The molecule has 0 aliphatic rings. The van der Waals surface area contributed by atoms with Crippen molar-refractivity contribution in [1.29, 1.82) is 0 Å². The molecule has 0 fully saturated rings. The van der Waals surface area contributed by atoms with Crippen LogP contribution in [0.4, 0.5) is 0 Å². The third kappa shape index (κ3) is 2.03. The van der Waals surface area contributed by atoms with Gasteiger partial charge in [-0.05, 0) is 17.3 Å². The highest BCUT2D eigenvalue weighted by molar-refractivity contribution is 5.68. The molecule has 80 valence electrons. The maximum absolute atomic E-state index is 9.20. The lowest BCUT2D eigenvalue weighted by Gasteiger charge is -2.08. The second-order valence-corrected chi connectivity index (χ2v) is 2.99. The van der Waals surface area contributed by atoms with Crippen LogP contribution in [0.25, 0.3) is 11.2 Å². The zero-order chi connectivity index (χ0) is 10.7. The average molecular weight is 209 g/mol. The Morgan fingerprint density at radius 3 is 3.27 bits per heavy atom. The summed E-state index contributed by atoms with van der Waals surface area (Å²) >= 11 is 0. The molecule has 1 atom stereocenters. The summed E-state index contributed by atoms with van der Waals surface area (Å²) in [6, 6.07) is 3.53. The fraction of sp³-hybridized carbons (Fsp3) is 0.375. The van der Waals surface area contributed by atoms with Gasteiger partial charge in [0.15, 0.2) is 0 Å². The van der Waals surface area contributed by atoms with Crippen LogP contribution in [0.3, 0.4) is 0 Å². The van der Waals surface area contributed by atoms with Gasteiger partial charge in [0, 0.05) is 12.7 Å². The molecule has 2 aromatic rings. The monoisotopic (exact) mass is 209 g/mol. The molecule has 0 saturated heterocycles. The summed E-state index contributed by atoms with van der Waals surface area (Å²) in [7, 11) is 0. The molecule has 7 heteroatoms. The van der Waals surface area contributed by atoms with E-state index in [1.807, 2.05) is 0 Å². The van der Waals surface area contributed by atoms with Crippen LogP contribution in [0.2, 0.25) is 0 Å². The summed E-state index contributed by atoms with van der Waals surface area (Å²) in [4.78, 5) is 10.4. The van der Waals surface area contributed by atoms with Crippen molar-refractivity contribution < 1.29 is 9.94 Å². The predicted molar refractivity (Wildman–Crippen MR) is 51.8 cm³/mol. The Morgan fingerprint density at radius 1 is 1.60 bits per heavy atom. The first-order chi connectivity index (χ1) is 7.31. The highest BCUT2D eigenvalue weighted by atomic mass is 16.7. The molecule has 2 aromatic heterocycles. The number of rotatable bonds is 4. The van der Waals surface area contributed by atoms with E-state index in [4.69, 9.17) is 10.6 Å². The van der Waals surface area contributed by atoms with Crippen LogP contribution in [0.15, 0.2) is 18.3 Å². The first-order valence-corrected chi connectivity index (χ1v) is 4.49. The lowest BCUT2D eigenvalue weighted by Crippen LogP contribution is -2.30. The molecule has 0 aliphatic heterocycles. The van der Waals surface area contributed by atoms with Crippen LogP contribution in [-0.2, 0) is 0 Å². The molecule has 0 bridgehead atoms. The zero-order valence-corrected chi connectivity index (χ0v) is 7.95. The van der Waals surface area contributed by atoms with Crippen LogP contribution >= 0.6 is 0 Å². The van der Waals surface area contributed by atoms with Gasteiger partial charge in [-0.3, -0.25) is 0 Å². The number of hydrogen-bond acceptors (Lipinski definition) is 6. The molecule has 15 heavy (non-hydrogen) atoms. The molecule has 2 heterocycles. The van der Waals surface area contributed by atoms with Crippen molar-refractivity contribution in [3.63, 3.8) is 0 Å². The smallest absolute Gasteiger partial charge is 0.219 e.